The highest BCUT2D eigenvalue weighted by atomic mass is 35.5. The second-order valence-electron chi connectivity index (χ2n) is 3.97. The Balaban J connectivity index is 0.00000400. The largest absolute Gasteiger partial charge is 0.466 e. The molecule has 7 nitrogen and oxygen atoms in total. The number of hydrogen-bond acceptors (Lipinski definition) is 7. The maximum absolute atomic E-state index is 11.7. The van der Waals surface area contributed by atoms with Crippen molar-refractivity contribution in [3.05, 3.63) is 11.1 Å². The molecule has 1 atom stereocenters. The molecule has 0 spiro atoms. The minimum atomic E-state index is -0.335. The number of ether oxygens (including phenoxy) is 2. The lowest BCUT2D eigenvalue weighted by molar-refractivity contribution is -0.142. The molecule has 120 valence electrons. The Morgan fingerprint density at radius 3 is 2.81 bits per heavy atom. The smallest absolute Gasteiger partial charge is 0.311 e. The molecular formula is C12H20ClN3O4S. The molecule has 0 radical (unpaired) electrons. The SMILES string of the molecule is CCOC(=O)Cc1csc(NC(=O)CC(CN)OC)n1.Cl. The van der Waals surface area contributed by atoms with Crippen LogP contribution >= 0.6 is 23.7 Å². The van der Waals surface area contributed by atoms with Crippen LogP contribution in [0.1, 0.15) is 19.0 Å². The van der Waals surface area contributed by atoms with Crippen molar-refractivity contribution in [3.8, 4) is 0 Å². The van der Waals surface area contributed by atoms with E-state index in [1.165, 1.54) is 18.4 Å². The molecule has 0 saturated carbocycles. The summed E-state index contributed by atoms with van der Waals surface area (Å²) in [7, 11) is 1.51. The molecule has 1 rings (SSSR count). The predicted molar refractivity (Wildman–Crippen MR) is 82.8 cm³/mol. The van der Waals surface area contributed by atoms with Gasteiger partial charge < -0.3 is 20.5 Å². The molecule has 3 N–H and O–H groups in total. The molecule has 1 unspecified atom stereocenters. The summed E-state index contributed by atoms with van der Waals surface area (Å²) >= 11 is 1.26. The zero-order valence-electron chi connectivity index (χ0n) is 12.0. The van der Waals surface area contributed by atoms with E-state index in [0.717, 1.165) is 0 Å². The molecule has 21 heavy (non-hydrogen) atoms. The van der Waals surface area contributed by atoms with E-state index in [-0.39, 0.29) is 49.8 Å². The van der Waals surface area contributed by atoms with Crippen molar-refractivity contribution < 1.29 is 19.1 Å². The van der Waals surface area contributed by atoms with Gasteiger partial charge >= 0.3 is 5.97 Å². The zero-order chi connectivity index (χ0) is 15.0. The monoisotopic (exact) mass is 337 g/mol. The van der Waals surface area contributed by atoms with Crippen LogP contribution in [-0.2, 0) is 25.5 Å². The van der Waals surface area contributed by atoms with E-state index < -0.39 is 0 Å². The van der Waals surface area contributed by atoms with Gasteiger partial charge in [0.2, 0.25) is 5.91 Å². The highest BCUT2D eigenvalue weighted by Crippen LogP contribution is 2.16. The van der Waals surface area contributed by atoms with Gasteiger partial charge in [-0.3, -0.25) is 9.59 Å². The fraction of sp³-hybridized carbons (Fsp3) is 0.583. The number of carbonyl (C=O) groups is 2. The standard InChI is InChI=1S/C12H19N3O4S.ClH/c1-3-19-11(17)4-8-7-20-12(14-8)15-10(16)5-9(6-13)18-2;/h7,9H,3-6,13H2,1-2H3,(H,14,15,16);1H. The third-order valence-electron chi connectivity index (χ3n) is 2.44. The number of methoxy groups -OCH3 is 1. The van der Waals surface area contributed by atoms with Gasteiger partial charge in [-0.15, -0.1) is 23.7 Å². The van der Waals surface area contributed by atoms with Crippen molar-refractivity contribution in [2.24, 2.45) is 5.73 Å². The number of nitrogens with zero attached hydrogens (tertiary/aromatic N) is 1. The van der Waals surface area contributed by atoms with Crippen LogP contribution in [0.3, 0.4) is 0 Å². The zero-order valence-corrected chi connectivity index (χ0v) is 13.6. The Morgan fingerprint density at radius 1 is 1.52 bits per heavy atom. The first-order valence-corrected chi connectivity index (χ1v) is 7.09. The summed E-state index contributed by atoms with van der Waals surface area (Å²) in [5.74, 6) is -0.558. The molecule has 1 aromatic rings. The summed E-state index contributed by atoms with van der Waals surface area (Å²) in [5.41, 5.74) is 6.02. The van der Waals surface area contributed by atoms with E-state index in [1.54, 1.807) is 12.3 Å². The highest BCUT2D eigenvalue weighted by Gasteiger charge is 2.14. The third kappa shape index (κ3) is 7.37. The van der Waals surface area contributed by atoms with E-state index in [0.29, 0.717) is 17.4 Å². The summed E-state index contributed by atoms with van der Waals surface area (Å²) in [4.78, 5) is 27.1. The van der Waals surface area contributed by atoms with Crippen LogP contribution in [0.25, 0.3) is 0 Å². The van der Waals surface area contributed by atoms with Gasteiger partial charge in [0.15, 0.2) is 5.13 Å². The lowest BCUT2D eigenvalue weighted by atomic mass is 10.2. The summed E-state index contributed by atoms with van der Waals surface area (Å²) in [6.45, 7) is 2.36. The Bertz CT molecular complexity index is 451. The lowest BCUT2D eigenvalue weighted by Gasteiger charge is -2.11. The summed E-state index contributed by atoms with van der Waals surface area (Å²) in [5, 5.41) is 4.80. The molecule has 1 amide bonds. The van der Waals surface area contributed by atoms with E-state index in [4.69, 9.17) is 15.2 Å². The fourth-order valence-electron chi connectivity index (χ4n) is 1.45. The minimum Gasteiger partial charge on any atom is -0.466 e. The molecule has 0 bridgehead atoms. The first-order valence-electron chi connectivity index (χ1n) is 6.21. The number of hydrogen-bond donors (Lipinski definition) is 2. The van der Waals surface area contributed by atoms with Crippen LogP contribution in [0.5, 0.6) is 0 Å². The van der Waals surface area contributed by atoms with Crippen molar-refractivity contribution in [3.63, 3.8) is 0 Å². The second kappa shape index (κ2) is 10.5. The molecule has 1 heterocycles. The first kappa shape index (κ1) is 19.8. The Hall–Kier alpha value is -1.22. The lowest BCUT2D eigenvalue weighted by Crippen LogP contribution is -2.28. The quantitative estimate of drug-likeness (QED) is 0.685. The number of carbonyl (C=O) groups excluding carboxylic acids is 2. The van der Waals surface area contributed by atoms with Gasteiger partial charge in [0.1, 0.15) is 0 Å². The Morgan fingerprint density at radius 2 is 2.24 bits per heavy atom. The number of esters is 1. The van der Waals surface area contributed by atoms with Gasteiger partial charge in [-0.05, 0) is 6.92 Å². The first-order chi connectivity index (χ1) is 9.58. The summed E-state index contributed by atoms with van der Waals surface area (Å²) in [6.07, 6.45) is -0.0438. The topological polar surface area (TPSA) is 104 Å². The molecule has 0 saturated heterocycles. The van der Waals surface area contributed by atoms with Gasteiger partial charge in [-0.1, -0.05) is 0 Å². The van der Waals surface area contributed by atoms with Crippen LogP contribution in [-0.4, -0.2) is 43.2 Å². The molecule has 0 aromatic carbocycles. The van der Waals surface area contributed by atoms with Crippen LogP contribution in [0, 0.1) is 0 Å². The van der Waals surface area contributed by atoms with Crippen LogP contribution in [0.2, 0.25) is 0 Å². The number of rotatable bonds is 8. The normalized spacial score (nSPS) is 11.4. The van der Waals surface area contributed by atoms with Gasteiger partial charge in [0.05, 0.1) is 31.2 Å². The predicted octanol–water partition coefficient (Wildman–Crippen LogP) is 0.973. The summed E-state index contributed by atoms with van der Waals surface area (Å²) < 4.78 is 9.85. The molecule has 0 aliphatic heterocycles. The molecule has 0 aliphatic rings. The van der Waals surface area contributed by atoms with E-state index in [2.05, 4.69) is 10.3 Å². The molecule has 1 aromatic heterocycles. The van der Waals surface area contributed by atoms with E-state index >= 15 is 0 Å². The molecule has 0 fully saturated rings. The van der Waals surface area contributed by atoms with Gasteiger partial charge in [0.25, 0.3) is 0 Å². The number of amides is 1. The summed E-state index contributed by atoms with van der Waals surface area (Å²) in [6, 6.07) is 0. The van der Waals surface area contributed by atoms with Crippen LogP contribution in [0.15, 0.2) is 5.38 Å². The van der Waals surface area contributed by atoms with Crippen molar-refractivity contribution in [2.75, 3.05) is 25.6 Å². The van der Waals surface area contributed by atoms with Gasteiger partial charge in [-0.25, -0.2) is 4.98 Å². The van der Waals surface area contributed by atoms with Crippen molar-refractivity contribution in [1.29, 1.82) is 0 Å². The van der Waals surface area contributed by atoms with Crippen molar-refractivity contribution in [2.45, 2.75) is 25.9 Å². The second-order valence-corrected chi connectivity index (χ2v) is 4.83. The van der Waals surface area contributed by atoms with Crippen molar-refractivity contribution in [1.82, 2.24) is 4.98 Å². The molecule has 0 aliphatic carbocycles. The number of aromatic nitrogens is 1. The van der Waals surface area contributed by atoms with Gasteiger partial charge in [0, 0.05) is 19.0 Å². The third-order valence-corrected chi connectivity index (χ3v) is 3.24. The maximum atomic E-state index is 11.7. The van der Waals surface area contributed by atoms with E-state index in [1.807, 2.05) is 0 Å². The van der Waals surface area contributed by atoms with Crippen molar-refractivity contribution >= 4 is 40.8 Å². The van der Waals surface area contributed by atoms with E-state index in [9.17, 15) is 9.59 Å². The average Bonchev–Trinajstić information content (AvgIpc) is 2.83. The molecule has 9 heteroatoms. The van der Waals surface area contributed by atoms with Gasteiger partial charge in [-0.2, -0.15) is 0 Å². The number of nitrogens with two attached hydrogens (primary N) is 1. The average molecular weight is 338 g/mol. The number of halogens is 1. The Labute approximate surface area is 133 Å². The Kier molecular flexibility index (Phi) is 9.89. The molecular weight excluding hydrogens is 318 g/mol. The minimum absolute atomic E-state index is 0. The highest BCUT2D eigenvalue weighted by molar-refractivity contribution is 7.13. The van der Waals surface area contributed by atoms with Crippen LogP contribution in [0.4, 0.5) is 5.13 Å². The maximum Gasteiger partial charge on any atom is 0.311 e. The number of thiazole rings is 1. The van der Waals surface area contributed by atoms with Crippen LogP contribution < -0.4 is 11.1 Å². The number of anilines is 1. The number of nitrogens with one attached hydrogen (secondary N) is 1. The fourth-order valence-corrected chi connectivity index (χ4v) is 2.17.